The number of thiazole rings is 1. The summed E-state index contributed by atoms with van der Waals surface area (Å²) in [5, 5.41) is 4.98. The van der Waals surface area contributed by atoms with Gasteiger partial charge in [0.25, 0.3) is 0 Å². The molecule has 19 heavy (non-hydrogen) atoms. The second-order valence-electron chi connectivity index (χ2n) is 5.63. The van der Waals surface area contributed by atoms with Crippen molar-refractivity contribution in [2.75, 3.05) is 13.1 Å². The smallest absolute Gasteiger partial charge is 0.107 e. The first-order chi connectivity index (χ1) is 9.13. The number of aromatic nitrogens is 1. The summed E-state index contributed by atoms with van der Waals surface area (Å²) in [7, 11) is 0. The van der Waals surface area contributed by atoms with Crippen molar-refractivity contribution in [3.05, 3.63) is 15.6 Å². The van der Waals surface area contributed by atoms with E-state index in [9.17, 15) is 0 Å². The van der Waals surface area contributed by atoms with E-state index in [-0.39, 0.29) is 0 Å². The van der Waals surface area contributed by atoms with Crippen LogP contribution in [0.3, 0.4) is 0 Å². The maximum Gasteiger partial charge on any atom is 0.107 e. The maximum absolute atomic E-state index is 4.70. The first-order valence-corrected chi connectivity index (χ1v) is 8.36. The summed E-state index contributed by atoms with van der Waals surface area (Å²) in [6.45, 7) is 12.2. The standard InChI is InChI=1S/C15H27N3S/c1-5-7-13-9-18(14(6-2)8-16-13)10-15-17-11(3)12(4)19-15/h13-14,16H,5-10H2,1-4H3. The Labute approximate surface area is 121 Å². The fourth-order valence-corrected chi connectivity index (χ4v) is 3.81. The van der Waals surface area contributed by atoms with E-state index in [1.807, 2.05) is 11.3 Å². The van der Waals surface area contributed by atoms with Gasteiger partial charge in [0, 0.05) is 30.1 Å². The van der Waals surface area contributed by atoms with Gasteiger partial charge in [0.15, 0.2) is 0 Å². The minimum absolute atomic E-state index is 0.662. The second-order valence-corrected chi connectivity index (χ2v) is 6.92. The van der Waals surface area contributed by atoms with Crippen LogP contribution in [0.15, 0.2) is 0 Å². The van der Waals surface area contributed by atoms with Gasteiger partial charge < -0.3 is 5.32 Å². The van der Waals surface area contributed by atoms with Gasteiger partial charge in [0.2, 0.25) is 0 Å². The lowest BCUT2D eigenvalue weighted by Gasteiger charge is -2.39. The molecule has 0 radical (unpaired) electrons. The third-order valence-electron chi connectivity index (χ3n) is 4.13. The molecule has 1 aromatic rings. The van der Waals surface area contributed by atoms with Crippen molar-refractivity contribution < 1.29 is 0 Å². The van der Waals surface area contributed by atoms with Crippen molar-refractivity contribution in [3.8, 4) is 0 Å². The van der Waals surface area contributed by atoms with E-state index in [1.54, 1.807) is 0 Å². The second kappa shape index (κ2) is 6.82. The molecule has 2 rings (SSSR count). The summed E-state index contributed by atoms with van der Waals surface area (Å²) in [6, 6.07) is 1.33. The summed E-state index contributed by atoms with van der Waals surface area (Å²) in [5.41, 5.74) is 1.20. The van der Waals surface area contributed by atoms with Crippen LogP contribution in [0, 0.1) is 13.8 Å². The zero-order valence-corrected chi connectivity index (χ0v) is 13.5. The van der Waals surface area contributed by atoms with Crippen LogP contribution in [0.25, 0.3) is 0 Å². The molecular weight excluding hydrogens is 254 g/mol. The van der Waals surface area contributed by atoms with E-state index in [1.165, 1.54) is 41.4 Å². The normalized spacial score (nSPS) is 24.8. The van der Waals surface area contributed by atoms with Crippen molar-refractivity contribution in [1.82, 2.24) is 15.2 Å². The Kier molecular flexibility index (Phi) is 5.37. The molecule has 1 fully saturated rings. The van der Waals surface area contributed by atoms with Gasteiger partial charge in [0.1, 0.15) is 5.01 Å². The highest BCUT2D eigenvalue weighted by Crippen LogP contribution is 2.21. The molecule has 4 heteroatoms. The highest BCUT2D eigenvalue weighted by molar-refractivity contribution is 7.11. The Balaban J connectivity index is 2.01. The lowest BCUT2D eigenvalue weighted by Crippen LogP contribution is -2.55. The Morgan fingerprint density at radius 2 is 2.16 bits per heavy atom. The molecule has 0 bridgehead atoms. The van der Waals surface area contributed by atoms with Gasteiger partial charge in [-0.15, -0.1) is 11.3 Å². The molecule has 2 atom stereocenters. The van der Waals surface area contributed by atoms with E-state index >= 15 is 0 Å². The van der Waals surface area contributed by atoms with Crippen LogP contribution in [0.1, 0.15) is 48.7 Å². The Morgan fingerprint density at radius 3 is 2.74 bits per heavy atom. The predicted molar refractivity (Wildman–Crippen MR) is 82.8 cm³/mol. The van der Waals surface area contributed by atoms with E-state index in [0.717, 1.165) is 13.1 Å². The van der Waals surface area contributed by atoms with Crippen molar-refractivity contribution in [2.45, 2.75) is 65.6 Å². The topological polar surface area (TPSA) is 28.2 Å². The first kappa shape index (κ1) is 14.9. The van der Waals surface area contributed by atoms with Gasteiger partial charge in [-0.3, -0.25) is 4.90 Å². The van der Waals surface area contributed by atoms with Crippen LogP contribution in [0.4, 0.5) is 0 Å². The third-order valence-corrected chi connectivity index (χ3v) is 5.19. The largest absolute Gasteiger partial charge is 0.311 e. The van der Waals surface area contributed by atoms with E-state index in [0.29, 0.717) is 12.1 Å². The summed E-state index contributed by atoms with van der Waals surface area (Å²) < 4.78 is 0. The molecule has 0 aromatic carbocycles. The highest BCUT2D eigenvalue weighted by atomic mass is 32.1. The zero-order chi connectivity index (χ0) is 13.8. The molecule has 2 unspecified atom stereocenters. The summed E-state index contributed by atoms with van der Waals surface area (Å²) in [4.78, 5) is 8.70. The molecule has 0 amide bonds. The van der Waals surface area contributed by atoms with Gasteiger partial charge in [0.05, 0.1) is 12.2 Å². The van der Waals surface area contributed by atoms with Crippen LogP contribution in [-0.4, -0.2) is 35.1 Å². The van der Waals surface area contributed by atoms with Crippen molar-refractivity contribution in [3.63, 3.8) is 0 Å². The van der Waals surface area contributed by atoms with Crippen molar-refractivity contribution >= 4 is 11.3 Å². The highest BCUT2D eigenvalue weighted by Gasteiger charge is 2.26. The number of nitrogens with one attached hydrogen (secondary N) is 1. The quantitative estimate of drug-likeness (QED) is 0.899. The van der Waals surface area contributed by atoms with Gasteiger partial charge in [-0.05, 0) is 26.7 Å². The molecule has 0 spiro atoms. The SMILES string of the molecule is CCCC1CN(Cc2nc(C)c(C)s2)C(CC)CN1. The molecule has 1 aliphatic heterocycles. The number of nitrogens with zero attached hydrogens (tertiary/aromatic N) is 2. The van der Waals surface area contributed by atoms with Gasteiger partial charge in [-0.2, -0.15) is 0 Å². The molecule has 3 nitrogen and oxygen atoms in total. The molecule has 1 saturated heterocycles. The Bertz CT molecular complexity index is 383. The lowest BCUT2D eigenvalue weighted by atomic mass is 10.0. The van der Waals surface area contributed by atoms with Crippen LogP contribution in [0.5, 0.6) is 0 Å². The molecule has 1 aromatic heterocycles. The fourth-order valence-electron chi connectivity index (χ4n) is 2.85. The van der Waals surface area contributed by atoms with Crippen LogP contribution < -0.4 is 5.32 Å². The van der Waals surface area contributed by atoms with E-state index in [2.05, 4.69) is 37.9 Å². The van der Waals surface area contributed by atoms with Crippen LogP contribution >= 0.6 is 11.3 Å². The molecule has 0 aliphatic carbocycles. The molecule has 2 heterocycles. The van der Waals surface area contributed by atoms with Crippen molar-refractivity contribution in [1.29, 1.82) is 0 Å². The Morgan fingerprint density at radius 1 is 1.37 bits per heavy atom. The average Bonchev–Trinajstić information content (AvgIpc) is 2.69. The van der Waals surface area contributed by atoms with Gasteiger partial charge >= 0.3 is 0 Å². The third kappa shape index (κ3) is 3.77. The number of aryl methyl sites for hydroxylation is 2. The predicted octanol–water partition coefficient (Wildman–Crippen LogP) is 3.11. The van der Waals surface area contributed by atoms with E-state index < -0.39 is 0 Å². The molecule has 1 N–H and O–H groups in total. The lowest BCUT2D eigenvalue weighted by molar-refractivity contribution is 0.115. The van der Waals surface area contributed by atoms with Gasteiger partial charge in [-0.1, -0.05) is 20.3 Å². The molecule has 1 aliphatic rings. The average molecular weight is 281 g/mol. The summed E-state index contributed by atoms with van der Waals surface area (Å²) >= 11 is 1.86. The minimum Gasteiger partial charge on any atom is -0.311 e. The van der Waals surface area contributed by atoms with E-state index in [4.69, 9.17) is 4.98 Å². The molecule has 0 saturated carbocycles. The fraction of sp³-hybridized carbons (Fsp3) is 0.800. The zero-order valence-electron chi connectivity index (χ0n) is 12.7. The monoisotopic (exact) mass is 281 g/mol. The van der Waals surface area contributed by atoms with Crippen LogP contribution in [-0.2, 0) is 6.54 Å². The summed E-state index contributed by atoms with van der Waals surface area (Å²) in [5.74, 6) is 0. The van der Waals surface area contributed by atoms with Crippen LogP contribution in [0.2, 0.25) is 0 Å². The minimum atomic E-state index is 0.662. The maximum atomic E-state index is 4.70. The number of hydrogen-bond acceptors (Lipinski definition) is 4. The van der Waals surface area contributed by atoms with Crippen molar-refractivity contribution in [2.24, 2.45) is 0 Å². The molecule has 108 valence electrons. The number of rotatable bonds is 5. The van der Waals surface area contributed by atoms with Gasteiger partial charge in [-0.25, -0.2) is 4.98 Å². The number of piperazine rings is 1. The summed E-state index contributed by atoms with van der Waals surface area (Å²) in [6.07, 6.45) is 3.76. The molecular formula is C15H27N3S. The first-order valence-electron chi connectivity index (χ1n) is 7.54. The number of hydrogen-bond donors (Lipinski definition) is 1. The Hall–Kier alpha value is -0.450.